The fourth-order valence-electron chi connectivity index (χ4n) is 1.37. The largest absolute Gasteiger partial charge is 0.508 e. The molecule has 0 spiro atoms. The van der Waals surface area contributed by atoms with Crippen LogP contribution in [0.1, 0.15) is 15.9 Å². The van der Waals surface area contributed by atoms with E-state index in [4.69, 9.17) is 0 Å². The maximum absolute atomic E-state index is 11.8. The second-order valence-electron chi connectivity index (χ2n) is 3.53. The van der Waals surface area contributed by atoms with E-state index in [1.165, 1.54) is 18.7 Å². The summed E-state index contributed by atoms with van der Waals surface area (Å²) in [6, 6.07) is 4.95. The SMILES string of the molecule is Cc1c(O)cccc1NC(=O)c1cncnc1. The van der Waals surface area contributed by atoms with Gasteiger partial charge in [-0.3, -0.25) is 4.79 Å². The zero-order valence-electron chi connectivity index (χ0n) is 9.21. The summed E-state index contributed by atoms with van der Waals surface area (Å²) in [4.78, 5) is 19.3. The maximum atomic E-state index is 11.8. The van der Waals surface area contributed by atoms with Crippen molar-refractivity contribution in [3.63, 3.8) is 0 Å². The molecule has 1 aromatic heterocycles. The number of rotatable bonds is 2. The molecule has 2 aromatic rings. The molecule has 0 saturated heterocycles. The molecule has 17 heavy (non-hydrogen) atoms. The van der Waals surface area contributed by atoms with Crippen LogP contribution in [0.5, 0.6) is 5.75 Å². The van der Waals surface area contributed by atoms with Gasteiger partial charge in [0.05, 0.1) is 5.56 Å². The number of phenols is 1. The maximum Gasteiger partial charge on any atom is 0.258 e. The molecule has 0 saturated carbocycles. The highest BCUT2D eigenvalue weighted by atomic mass is 16.3. The molecule has 0 aliphatic carbocycles. The van der Waals surface area contributed by atoms with Gasteiger partial charge in [-0.2, -0.15) is 0 Å². The number of benzene rings is 1. The number of anilines is 1. The molecule has 0 atom stereocenters. The zero-order chi connectivity index (χ0) is 12.3. The number of phenolic OH excluding ortho intramolecular Hbond substituents is 1. The summed E-state index contributed by atoms with van der Waals surface area (Å²) in [5, 5.41) is 12.2. The fraction of sp³-hybridized carbons (Fsp3) is 0.0833. The second-order valence-corrected chi connectivity index (χ2v) is 3.53. The van der Waals surface area contributed by atoms with Gasteiger partial charge < -0.3 is 10.4 Å². The first-order valence-corrected chi connectivity index (χ1v) is 5.03. The molecular formula is C12H11N3O2. The Balaban J connectivity index is 2.22. The van der Waals surface area contributed by atoms with Gasteiger partial charge >= 0.3 is 0 Å². The van der Waals surface area contributed by atoms with E-state index in [1.54, 1.807) is 25.1 Å². The van der Waals surface area contributed by atoms with Crippen LogP contribution in [0, 0.1) is 6.92 Å². The monoisotopic (exact) mass is 229 g/mol. The van der Waals surface area contributed by atoms with Crippen LogP contribution in [0.2, 0.25) is 0 Å². The van der Waals surface area contributed by atoms with E-state index in [1.807, 2.05) is 0 Å². The summed E-state index contributed by atoms with van der Waals surface area (Å²) in [6.45, 7) is 1.73. The van der Waals surface area contributed by atoms with E-state index >= 15 is 0 Å². The molecule has 1 aromatic carbocycles. The molecule has 1 heterocycles. The number of aromatic nitrogens is 2. The van der Waals surface area contributed by atoms with Crippen LogP contribution in [-0.4, -0.2) is 21.0 Å². The van der Waals surface area contributed by atoms with Crippen LogP contribution in [-0.2, 0) is 0 Å². The Morgan fingerprint density at radius 2 is 2.00 bits per heavy atom. The van der Waals surface area contributed by atoms with Crippen molar-refractivity contribution in [1.82, 2.24) is 9.97 Å². The number of nitrogens with one attached hydrogen (secondary N) is 1. The number of aromatic hydroxyl groups is 1. The highest BCUT2D eigenvalue weighted by Gasteiger charge is 2.09. The molecule has 1 amide bonds. The lowest BCUT2D eigenvalue weighted by atomic mass is 10.1. The first-order chi connectivity index (χ1) is 8.18. The molecular weight excluding hydrogens is 218 g/mol. The average Bonchev–Trinajstić information content (AvgIpc) is 2.36. The third-order valence-corrected chi connectivity index (χ3v) is 2.38. The molecule has 2 N–H and O–H groups in total. The Kier molecular flexibility index (Phi) is 3.00. The molecule has 2 rings (SSSR count). The van der Waals surface area contributed by atoms with Crippen LogP contribution in [0.4, 0.5) is 5.69 Å². The first-order valence-electron chi connectivity index (χ1n) is 5.03. The van der Waals surface area contributed by atoms with Gasteiger partial charge in [-0.25, -0.2) is 9.97 Å². The van der Waals surface area contributed by atoms with Gasteiger partial charge in [0.25, 0.3) is 5.91 Å². The number of nitrogens with zero attached hydrogens (tertiary/aromatic N) is 2. The molecule has 0 aliphatic rings. The third-order valence-electron chi connectivity index (χ3n) is 2.38. The van der Waals surface area contributed by atoms with Crippen molar-refractivity contribution in [1.29, 1.82) is 0 Å². The van der Waals surface area contributed by atoms with Crippen molar-refractivity contribution in [2.75, 3.05) is 5.32 Å². The lowest BCUT2D eigenvalue weighted by molar-refractivity contribution is 0.102. The fourth-order valence-corrected chi connectivity index (χ4v) is 1.37. The Bertz CT molecular complexity index is 541. The van der Waals surface area contributed by atoms with Crippen LogP contribution < -0.4 is 5.32 Å². The summed E-state index contributed by atoms with van der Waals surface area (Å²) in [5.41, 5.74) is 1.56. The summed E-state index contributed by atoms with van der Waals surface area (Å²) < 4.78 is 0. The lowest BCUT2D eigenvalue weighted by Crippen LogP contribution is -2.13. The van der Waals surface area contributed by atoms with Crippen LogP contribution in [0.3, 0.4) is 0 Å². The second kappa shape index (κ2) is 4.61. The molecule has 5 nitrogen and oxygen atoms in total. The predicted molar refractivity (Wildman–Crippen MR) is 62.8 cm³/mol. The quantitative estimate of drug-likeness (QED) is 0.822. The van der Waals surface area contributed by atoms with E-state index < -0.39 is 0 Å². The van der Waals surface area contributed by atoms with E-state index in [9.17, 15) is 9.90 Å². The minimum absolute atomic E-state index is 0.145. The Hall–Kier alpha value is -2.43. The minimum Gasteiger partial charge on any atom is -0.508 e. The molecule has 0 aliphatic heterocycles. The summed E-state index contributed by atoms with van der Waals surface area (Å²) in [5.74, 6) is -0.161. The molecule has 0 bridgehead atoms. The van der Waals surface area contributed by atoms with Crippen molar-refractivity contribution >= 4 is 11.6 Å². The van der Waals surface area contributed by atoms with Gasteiger partial charge in [-0.15, -0.1) is 0 Å². The number of carbonyl (C=O) groups is 1. The minimum atomic E-state index is -0.306. The van der Waals surface area contributed by atoms with Crippen molar-refractivity contribution < 1.29 is 9.90 Å². The topological polar surface area (TPSA) is 75.1 Å². The highest BCUT2D eigenvalue weighted by molar-refractivity contribution is 6.04. The van der Waals surface area contributed by atoms with E-state index in [0.717, 1.165) is 0 Å². The van der Waals surface area contributed by atoms with Crippen molar-refractivity contribution in [2.45, 2.75) is 6.92 Å². The molecule has 5 heteroatoms. The van der Waals surface area contributed by atoms with Crippen LogP contribution in [0.15, 0.2) is 36.9 Å². The van der Waals surface area contributed by atoms with Gasteiger partial charge in [0.1, 0.15) is 12.1 Å². The highest BCUT2D eigenvalue weighted by Crippen LogP contribution is 2.24. The first kappa shape index (κ1) is 11.1. The summed E-state index contributed by atoms with van der Waals surface area (Å²) in [6.07, 6.45) is 4.22. The number of amides is 1. The number of carbonyl (C=O) groups excluding carboxylic acids is 1. The van der Waals surface area contributed by atoms with Gasteiger partial charge in [-0.05, 0) is 19.1 Å². The van der Waals surface area contributed by atoms with Gasteiger partial charge in [0.2, 0.25) is 0 Å². The average molecular weight is 229 g/mol. The number of hydrogen-bond acceptors (Lipinski definition) is 4. The predicted octanol–water partition coefficient (Wildman–Crippen LogP) is 1.74. The summed E-state index contributed by atoms with van der Waals surface area (Å²) >= 11 is 0. The Labute approximate surface area is 98.2 Å². The van der Waals surface area contributed by atoms with Crippen molar-refractivity contribution in [3.8, 4) is 5.75 Å². The number of hydrogen-bond donors (Lipinski definition) is 2. The molecule has 86 valence electrons. The molecule has 0 radical (unpaired) electrons. The van der Waals surface area contributed by atoms with Gasteiger partial charge in [-0.1, -0.05) is 6.07 Å². The standard InChI is InChI=1S/C12H11N3O2/c1-8-10(3-2-4-11(8)16)15-12(17)9-5-13-7-14-6-9/h2-7,16H,1H3,(H,15,17). The van der Waals surface area contributed by atoms with Crippen LogP contribution >= 0.6 is 0 Å². The van der Waals surface area contributed by atoms with E-state index in [2.05, 4.69) is 15.3 Å². The van der Waals surface area contributed by atoms with Crippen LogP contribution in [0.25, 0.3) is 0 Å². The smallest absolute Gasteiger partial charge is 0.258 e. The Morgan fingerprint density at radius 3 is 2.71 bits per heavy atom. The van der Waals surface area contributed by atoms with Crippen molar-refractivity contribution in [2.24, 2.45) is 0 Å². The third kappa shape index (κ3) is 2.39. The van der Waals surface area contributed by atoms with E-state index in [0.29, 0.717) is 16.8 Å². The van der Waals surface area contributed by atoms with Crippen molar-refractivity contribution in [3.05, 3.63) is 48.0 Å². The van der Waals surface area contributed by atoms with Gasteiger partial charge in [0, 0.05) is 23.6 Å². The molecule has 0 fully saturated rings. The Morgan fingerprint density at radius 1 is 1.29 bits per heavy atom. The lowest BCUT2D eigenvalue weighted by Gasteiger charge is -2.08. The summed E-state index contributed by atoms with van der Waals surface area (Å²) in [7, 11) is 0. The van der Waals surface area contributed by atoms with E-state index in [-0.39, 0.29) is 11.7 Å². The normalized spacial score (nSPS) is 9.94. The van der Waals surface area contributed by atoms with Gasteiger partial charge in [0.15, 0.2) is 0 Å². The molecule has 0 unspecified atom stereocenters. The zero-order valence-corrected chi connectivity index (χ0v) is 9.21.